The molecule has 2 unspecified atom stereocenters. The fraction of sp³-hybridized carbons (Fsp3) is 0.562. The van der Waals surface area contributed by atoms with Gasteiger partial charge in [0.05, 0.1) is 5.92 Å². The van der Waals surface area contributed by atoms with Crippen molar-refractivity contribution in [2.24, 2.45) is 11.8 Å². The van der Waals surface area contributed by atoms with Gasteiger partial charge in [-0.05, 0) is 43.7 Å². The van der Waals surface area contributed by atoms with Crippen LogP contribution in [0.1, 0.15) is 30.7 Å². The van der Waals surface area contributed by atoms with Crippen LogP contribution in [0, 0.1) is 11.8 Å². The maximum atomic E-state index is 10.8. The quantitative estimate of drug-likeness (QED) is 0.883. The summed E-state index contributed by atoms with van der Waals surface area (Å²) in [6, 6.07) is 11.2. The fourth-order valence-corrected chi connectivity index (χ4v) is 3.23. The van der Waals surface area contributed by atoms with Crippen LogP contribution in [0.15, 0.2) is 30.3 Å². The lowest BCUT2D eigenvalue weighted by Crippen LogP contribution is -2.45. The van der Waals surface area contributed by atoms with Gasteiger partial charge in [-0.3, -0.25) is 4.79 Å². The molecular formula is C16H21NO2. The van der Waals surface area contributed by atoms with E-state index in [1.165, 1.54) is 12.0 Å². The van der Waals surface area contributed by atoms with Crippen molar-refractivity contribution in [1.82, 2.24) is 4.90 Å². The standard InChI is InChI=1S/C16H21NO2/c1-17(14-7-12(8-14)16(18)19)10-13-9-15(13)11-5-3-2-4-6-11/h2-6,12-15H,7-10H2,1H3,(H,18,19). The van der Waals surface area contributed by atoms with Crippen molar-refractivity contribution in [3.8, 4) is 0 Å². The lowest BCUT2D eigenvalue weighted by Gasteiger charge is -2.39. The number of carboxylic acid groups (broad SMARTS) is 1. The van der Waals surface area contributed by atoms with Crippen molar-refractivity contribution in [3.63, 3.8) is 0 Å². The molecule has 3 heteroatoms. The first kappa shape index (κ1) is 12.7. The first-order valence-corrected chi connectivity index (χ1v) is 7.13. The second kappa shape index (κ2) is 4.97. The highest BCUT2D eigenvalue weighted by molar-refractivity contribution is 5.71. The number of carboxylic acids is 1. The Labute approximate surface area is 114 Å². The second-order valence-electron chi connectivity index (χ2n) is 6.11. The van der Waals surface area contributed by atoms with Crippen molar-refractivity contribution in [2.75, 3.05) is 13.6 Å². The topological polar surface area (TPSA) is 40.5 Å². The average Bonchev–Trinajstić information content (AvgIpc) is 3.07. The van der Waals surface area contributed by atoms with E-state index in [2.05, 4.69) is 42.3 Å². The summed E-state index contributed by atoms with van der Waals surface area (Å²) in [7, 11) is 2.14. The third-order valence-electron chi connectivity index (χ3n) is 4.76. The highest BCUT2D eigenvalue weighted by Gasteiger charge is 2.42. The van der Waals surface area contributed by atoms with Crippen LogP contribution in [0.25, 0.3) is 0 Å². The predicted octanol–water partition coefficient (Wildman–Crippen LogP) is 2.59. The van der Waals surface area contributed by atoms with Gasteiger partial charge >= 0.3 is 5.97 Å². The van der Waals surface area contributed by atoms with Crippen LogP contribution in [-0.4, -0.2) is 35.6 Å². The molecule has 102 valence electrons. The molecule has 2 fully saturated rings. The molecule has 1 N–H and O–H groups in total. The van der Waals surface area contributed by atoms with E-state index in [9.17, 15) is 4.79 Å². The summed E-state index contributed by atoms with van der Waals surface area (Å²) in [4.78, 5) is 13.2. The third kappa shape index (κ3) is 2.66. The van der Waals surface area contributed by atoms with Crippen molar-refractivity contribution in [2.45, 2.75) is 31.2 Å². The van der Waals surface area contributed by atoms with Crippen LogP contribution in [0.5, 0.6) is 0 Å². The molecule has 0 spiro atoms. The van der Waals surface area contributed by atoms with Gasteiger partial charge in [-0.2, -0.15) is 0 Å². The van der Waals surface area contributed by atoms with E-state index in [4.69, 9.17) is 5.11 Å². The minimum Gasteiger partial charge on any atom is -0.481 e. The summed E-state index contributed by atoms with van der Waals surface area (Å²) >= 11 is 0. The Kier molecular flexibility index (Phi) is 3.31. The monoisotopic (exact) mass is 259 g/mol. The largest absolute Gasteiger partial charge is 0.481 e. The van der Waals surface area contributed by atoms with Crippen LogP contribution in [-0.2, 0) is 4.79 Å². The zero-order valence-electron chi connectivity index (χ0n) is 11.3. The molecule has 2 aliphatic rings. The van der Waals surface area contributed by atoms with E-state index in [-0.39, 0.29) is 5.92 Å². The molecule has 0 aromatic heterocycles. The Morgan fingerprint density at radius 2 is 1.95 bits per heavy atom. The predicted molar refractivity (Wildman–Crippen MR) is 74.1 cm³/mol. The number of hydrogen-bond donors (Lipinski definition) is 1. The second-order valence-corrected chi connectivity index (χ2v) is 6.11. The van der Waals surface area contributed by atoms with Crippen LogP contribution in [0.3, 0.4) is 0 Å². The minimum atomic E-state index is -0.627. The van der Waals surface area contributed by atoms with Gasteiger partial charge in [0, 0.05) is 12.6 Å². The van der Waals surface area contributed by atoms with E-state index in [0.717, 1.165) is 31.2 Å². The highest BCUT2D eigenvalue weighted by atomic mass is 16.4. The molecule has 0 bridgehead atoms. The maximum absolute atomic E-state index is 10.8. The molecule has 1 aromatic carbocycles. The van der Waals surface area contributed by atoms with Crippen molar-refractivity contribution in [1.29, 1.82) is 0 Å². The molecule has 0 amide bonds. The van der Waals surface area contributed by atoms with Crippen molar-refractivity contribution >= 4 is 5.97 Å². The molecule has 0 saturated heterocycles. The van der Waals surface area contributed by atoms with Crippen LogP contribution in [0.2, 0.25) is 0 Å². The summed E-state index contributed by atoms with van der Waals surface area (Å²) in [5.74, 6) is 0.755. The molecule has 3 rings (SSSR count). The molecule has 0 radical (unpaired) electrons. The summed E-state index contributed by atoms with van der Waals surface area (Å²) < 4.78 is 0. The maximum Gasteiger partial charge on any atom is 0.306 e. The zero-order chi connectivity index (χ0) is 13.4. The molecule has 19 heavy (non-hydrogen) atoms. The molecule has 0 heterocycles. The number of carbonyl (C=O) groups is 1. The van der Waals surface area contributed by atoms with Crippen LogP contribution in [0.4, 0.5) is 0 Å². The number of benzene rings is 1. The number of hydrogen-bond acceptors (Lipinski definition) is 2. The Balaban J connectivity index is 1.45. The average molecular weight is 259 g/mol. The third-order valence-corrected chi connectivity index (χ3v) is 4.76. The Hall–Kier alpha value is -1.35. The summed E-state index contributed by atoms with van der Waals surface area (Å²) in [6.45, 7) is 1.11. The van der Waals surface area contributed by atoms with Gasteiger partial charge in [-0.1, -0.05) is 30.3 Å². The van der Waals surface area contributed by atoms with E-state index >= 15 is 0 Å². The number of nitrogens with zero attached hydrogens (tertiary/aromatic N) is 1. The van der Waals surface area contributed by atoms with Gasteiger partial charge in [0.2, 0.25) is 0 Å². The molecule has 1 aromatic rings. The summed E-state index contributed by atoms with van der Waals surface area (Å²) in [5, 5.41) is 8.90. The fourth-order valence-electron chi connectivity index (χ4n) is 3.23. The molecule has 2 atom stereocenters. The first-order valence-electron chi connectivity index (χ1n) is 7.13. The lowest BCUT2D eigenvalue weighted by molar-refractivity contribution is -0.146. The lowest BCUT2D eigenvalue weighted by atomic mass is 9.79. The Bertz CT molecular complexity index is 453. The molecule has 2 saturated carbocycles. The van der Waals surface area contributed by atoms with Crippen molar-refractivity contribution in [3.05, 3.63) is 35.9 Å². The highest BCUT2D eigenvalue weighted by Crippen LogP contribution is 2.48. The van der Waals surface area contributed by atoms with Gasteiger partial charge in [0.1, 0.15) is 0 Å². The van der Waals surface area contributed by atoms with E-state index in [1.54, 1.807) is 0 Å². The number of aliphatic carboxylic acids is 1. The molecule has 3 nitrogen and oxygen atoms in total. The number of rotatable bonds is 5. The van der Waals surface area contributed by atoms with Gasteiger partial charge < -0.3 is 10.0 Å². The molecular weight excluding hydrogens is 238 g/mol. The minimum absolute atomic E-state index is 0.100. The van der Waals surface area contributed by atoms with Crippen molar-refractivity contribution < 1.29 is 9.90 Å². The SMILES string of the molecule is CN(CC1CC1c1ccccc1)C1CC(C(=O)O)C1. The van der Waals surface area contributed by atoms with Gasteiger partial charge in [0.25, 0.3) is 0 Å². The van der Waals surface area contributed by atoms with E-state index in [0.29, 0.717) is 6.04 Å². The Morgan fingerprint density at radius 1 is 1.26 bits per heavy atom. The van der Waals surface area contributed by atoms with E-state index in [1.807, 2.05) is 0 Å². The Morgan fingerprint density at radius 3 is 2.58 bits per heavy atom. The van der Waals surface area contributed by atoms with Gasteiger partial charge in [-0.15, -0.1) is 0 Å². The molecule has 2 aliphatic carbocycles. The van der Waals surface area contributed by atoms with E-state index < -0.39 is 5.97 Å². The normalized spacial score (nSPS) is 32.9. The smallest absolute Gasteiger partial charge is 0.306 e. The van der Waals surface area contributed by atoms with Gasteiger partial charge in [-0.25, -0.2) is 0 Å². The van der Waals surface area contributed by atoms with Gasteiger partial charge in [0.15, 0.2) is 0 Å². The molecule has 0 aliphatic heterocycles. The zero-order valence-corrected chi connectivity index (χ0v) is 11.3. The van der Waals surface area contributed by atoms with Crippen LogP contribution >= 0.6 is 0 Å². The first-order chi connectivity index (χ1) is 9.15. The van der Waals surface area contributed by atoms with Crippen LogP contribution < -0.4 is 0 Å². The summed E-state index contributed by atoms with van der Waals surface area (Å²) in [6.07, 6.45) is 2.94. The summed E-state index contributed by atoms with van der Waals surface area (Å²) in [5.41, 5.74) is 1.46.